The van der Waals surface area contributed by atoms with Crippen molar-refractivity contribution in [3.8, 4) is 0 Å². The molecule has 4 heteroatoms. The van der Waals surface area contributed by atoms with Crippen molar-refractivity contribution in [1.29, 1.82) is 0 Å². The fourth-order valence-electron chi connectivity index (χ4n) is 7.32. The summed E-state index contributed by atoms with van der Waals surface area (Å²) in [5.74, 6) is 1.80. The Hall–Kier alpha value is -0.900. The van der Waals surface area contributed by atoms with Crippen molar-refractivity contribution in [2.45, 2.75) is 90.3 Å². The molecule has 0 unspecified atom stereocenters. The van der Waals surface area contributed by atoms with E-state index in [1.165, 1.54) is 6.92 Å². The molecule has 1 N–H and O–H groups in total. The molecule has 7 atom stereocenters. The molecule has 0 aliphatic heterocycles. The summed E-state index contributed by atoms with van der Waals surface area (Å²) < 4.78 is 5.44. The molecule has 0 aromatic rings. The first-order valence-electron chi connectivity index (χ1n) is 10.1. The smallest absolute Gasteiger partial charge is 0.302 e. The van der Waals surface area contributed by atoms with Gasteiger partial charge in [-0.05, 0) is 68.1 Å². The summed E-state index contributed by atoms with van der Waals surface area (Å²) in [4.78, 5) is 23.8. The lowest BCUT2D eigenvalue weighted by Crippen LogP contribution is -2.63. The number of hydrogen-bond acceptors (Lipinski definition) is 4. The van der Waals surface area contributed by atoms with Crippen molar-refractivity contribution in [2.24, 2.45) is 28.6 Å². The van der Waals surface area contributed by atoms with E-state index in [9.17, 15) is 14.7 Å². The van der Waals surface area contributed by atoms with E-state index in [1.54, 1.807) is 0 Å². The molecule has 0 aromatic carbocycles. The van der Waals surface area contributed by atoms with Gasteiger partial charge in [0.25, 0.3) is 0 Å². The predicted octanol–water partition coefficient (Wildman–Crippen LogP) is 3.64. The van der Waals surface area contributed by atoms with Gasteiger partial charge in [-0.25, -0.2) is 0 Å². The van der Waals surface area contributed by atoms with Gasteiger partial charge in [-0.3, -0.25) is 9.59 Å². The number of ether oxygens (including phenoxy) is 1. The van der Waals surface area contributed by atoms with E-state index in [0.717, 1.165) is 51.4 Å². The van der Waals surface area contributed by atoms with Crippen LogP contribution in [-0.4, -0.2) is 28.6 Å². The minimum atomic E-state index is -0.733. The lowest BCUT2D eigenvalue weighted by atomic mass is 9.43. The van der Waals surface area contributed by atoms with Gasteiger partial charge in [0.2, 0.25) is 0 Å². The van der Waals surface area contributed by atoms with Crippen LogP contribution in [0.25, 0.3) is 0 Å². The third-order valence-corrected chi connectivity index (χ3v) is 8.80. The van der Waals surface area contributed by atoms with Gasteiger partial charge in [0.05, 0.1) is 5.60 Å². The molecule has 0 amide bonds. The molecule has 0 saturated heterocycles. The van der Waals surface area contributed by atoms with Gasteiger partial charge < -0.3 is 9.84 Å². The lowest BCUT2D eigenvalue weighted by molar-refractivity contribution is -0.221. The second-order valence-corrected chi connectivity index (χ2v) is 9.76. The number of carbonyl (C=O) groups excluding carboxylic acids is 2. The molecule has 140 valence electrons. The van der Waals surface area contributed by atoms with E-state index in [1.807, 2.05) is 0 Å². The van der Waals surface area contributed by atoms with Gasteiger partial charge in [-0.2, -0.15) is 0 Å². The zero-order valence-electron chi connectivity index (χ0n) is 15.8. The maximum atomic E-state index is 12.5. The lowest BCUT2D eigenvalue weighted by Gasteiger charge is -2.63. The number of carbonyl (C=O) groups is 2. The minimum absolute atomic E-state index is 0.109. The van der Waals surface area contributed by atoms with E-state index in [-0.39, 0.29) is 22.9 Å². The second-order valence-electron chi connectivity index (χ2n) is 9.76. The van der Waals surface area contributed by atoms with Crippen LogP contribution in [0.5, 0.6) is 0 Å². The van der Waals surface area contributed by atoms with E-state index < -0.39 is 5.60 Å². The highest BCUT2D eigenvalue weighted by atomic mass is 16.5. The molecule has 25 heavy (non-hydrogen) atoms. The minimum Gasteiger partial charge on any atom is -0.462 e. The van der Waals surface area contributed by atoms with E-state index in [0.29, 0.717) is 30.0 Å². The zero-order valence-corrected chi connectivity index (χ0v) is 15.8. The zero-order chi connectivity index (χ0) is 18.0. The topological polar surface area (TPSA) is 63.6 Å². The standard InChI is InChI=1S/C21H32O4/c1-13(22)25-14-6-10-20(3)17-8-9-19(2)16(4-5-18(19)23)15(17)7-11-21(20,24)12-14/h14-17,24H,4-12H2,1-3H3/t14-,15+,16+,17+,19+,20-,21+/m1/s1. The largest absolute Gasteiger partial charge is 0.462 e. The molecular formula is C21H32O4. The first-order valence-corrected chi connectivity index (χ1v) is 10.1. The molecule has 0 bridgehead atoms. The van der Waals surface area contributed by atoms with Crippen molar-refractivity contribution in [1.82, 2.24) is 0 Å². The van der Waals surface area contributed by atoms with Crippen molar-refractivity contribution < 1.29 is 19.4 Å². The van der Waals surface area contributed by atoms with Crippen LogP contribution in [0, 0.1) is 28.6 Å². The summed E-state index contributed by atoms with van der Waals surface area (Å²) in [5.41, 5.74) is -0.954. The molecule has 0 heterocycles. The molecule has 4 saturated carbocycles. The average Bonchev–Trinajstić information content (AvgIpc) is 2.84. The number of fused-ring (bicyclic) bond motifs is 5. The fourth-order valence-corrected chi connectivity index (χ4v) is 7.32. The molecule has 4 fully saturated rings. The third-order valence-electron chi connectivity index (χ3n) is 8.80. The van der Waals surface area contributed by atoms with Crippen molar-refractivity contribution >= 4 is 11.8 Å². The van der Waals surface area contributed by atoms with Crippen LogP contribution in [0.3, 0.4) is 0 Å². The van der Waals surface area contributed by atoms with Gasteiger partial charge >= 0.3 is 5.97 Å². The third kappa shape index (κ3) is 2.35. The maximum absolute atomic E-state index is 12.5. The Morgan fingerprint density at radius 3 is 2.56 bits per heavy atom. The van der Waals surface area contributed by atoms with Gasteiger partial charge in [-0.15, -0.1) is 0 Å². The molecule has 0 spiro atoms. The van der Waals surface area contributed by atoms with Gasteiger partial charge in [-0.1, -0.05) is 13.8 Å². The normalized spacial score (nSPS) is 52.1. The van der Waals surface area contributed by atoms with Crippen LogP contribution in [0.1, 0.15) is 78.6 Å². The van der Waals surface area contributed by atoms with Crippen LogP contribution >= 0.6 is 0 Å². The van der Waals surface area contributed by atoms with Gasteiger partial charge in [0.15, 0.2) is 0 Å². The molecule has 0 aromatic heterocycles. The number of hydrogen-bond donors (Lipinski definition) is 1. The van der Waals surface area contributed by atoms with Gasteiger partial charge in [0.1, 0.15) is 11.9 Å². The maximum Gasteiger partial charge on any atom is 0.302 e. The SMILES string of the molecule is CC(=O)O[C@@H]1CC[C@]2(C)[C@H]3CC[C@]4(C)C(=O)CC[C@H]4[C@@H]3CC[C@]2(O)C1. The Kier molecular flexibility index (Phi) is 3.89. The molecule has 0 radical (unpaired) electrons. The molecule has 4 nitrogen and oxygen atoms in total. The quantitative estimate of drug-likeness (QED) is 0.735. The Bertz CT molecular complexity index is 601. The first-order chi connectivity index (χ1) is 11.7. The Balaban J connectivity index is 1.60. The summed E-state index contributed by atoms with van der Waals surface area (Å²) in [7, 11) is 0. The fraction of sp³-hybridized carbons (Fsp3) is 0.905. The summed E-state index contributed by atoms with van der Waals surface area (Å²) in [6.45, 7) is 5.92. The Morgan fingerprint density at radius 1 is 1.08 bits per heavy atom. The van der Waals surface area contributed by atoms with Gasteiger partial charge in [0, 0.05) is 25.2 Å². The second kappa shape index (κ2) is 5.55. The van der Waals surface area contributed by atoms with Crippen LogP contribution in [0.15, 0.2) is 0 Å². The Morgan fingerprint density at radius 2 is 1.84 bits per heavy atom. The average molecular weight is 348 g/mol. The first kappa shape index (κ1) is 17.5. The molecule has 4 aliphatic rings. The van der Waals surface area contributed by atoms with Crippen molar-refractivity contribution in [2.75, 3.05) is 0 Å². The molecular weight excluding hydrogens is 316 g/mol. The number of ketones is 1. The monoisotopic (exact) mass is 348 g/mol. The highest BCUT2D eigenvalue weighted by Gasteiger charge is 2.64. The molecule has 4 rings (SSSR count). The van der Waals surface area contributed by atoms with Crippen molar-refractivity contribution in [3.63, 3.8) is 0 Å². The van der Waals surface area contributed by atoms with Crippen LogP contribution in [0.2, 0.25) is 0 Å². The number of rotatable bonds is 1. The molecule has 4 aliphatic carbocycles. The summed E-state index contributed by atoms with van der Waals surface area (Å²) >= 11 is 0. The number of esters is 1. The summed E-state index contributed by atoms with van der Waals surface area (Å²) in [5, 5.41) is 11.6. The highest BCUT2D eigenvalue weighted by Crippen LogP contribution is 2.66. The van der Waals surface area contributed by atoms with E-state index >= 15 is 0 Å². The van der Waals surface area contributed by atoms with Crippen LogP contribution < -0.4 is 0 Å². The van der Waals surface area contributed by atoms with E-state index in [4.69, 9.17) is 4.74 Å². The number of aliphatic hydroxyl groups is 1. The van der Waals surface area contributed by atoms with Crippen LogP contribution in [0.4, 0.5) is 0 Å². The van der Waals surface area contributed by atoms with Crippen LogP contribution in [-0.2, 0) is 14.3 Å². The summed E-state index contributed by atoms with van der Waals surface area (Å²) in [6, 6.07) is 0. The predicted molar refractivity (Wildman–Crippen MR) is 93.7 cm³/mol. The Labute approximate surface area is 150 Å². The number of Topliss-reactive ketones (excluding diaryl/α,β-unsaturated/α-hetero) is 1. The van der Waals surface area contributed by atoms with Crippen molar-refractivity contribution in [3.05, 3.63) is 0 Å². The summed E-state index contributed by atoms with van der Waals surface area (Å²) in [6.07, 6.45) is 7.82. The van der Waals surface area contributed by atoms with E-state index in [2.05, 4.69) is 13.8 Å². The highest BCUT2D eigenvalue weighted by molar-refractivity contribution is 5.87.